The van der Waals surface area contributed by atoms with Gasteiger partial charge in [-0.25, -0.2) is 13.1 Å². The first-order valence-electron chi connectivity index (χ1n) is 5.22. The van der Waals surface area contributed by atoms with Crippen molar-refractivity contribution in [1.29, 1.82) is 0 Å². The normalized spacial score (nSPS) is 13.9. The van der Waals surface area contributed by atoms with Crippen molar-refractivity contribution in [3.05, 3.63) is 17.0 Å². The van der Waals surface area contributed by atoms with E-state index in [1.165, 1.54) is 11.3 Å². The predicted octanol–water partition coefficient (Wildman–Crippen LogP) is 2.61. The Labute approximate surface area is 106 Å². The van der Waals surface area contributed by atoms with Gasteiger partial charge in [-0.15, -0.1) is 22.9 Å². The van der Waals surface area contributed by atoms with E-state index in [9.17, 15) is 8.42 Å². The summed E-state index contributed by atoms with van der Waals surface area (Å²) in [5.41, 5.74) is 0. The summed E-state index contributed by atoms with van der Waals surface area (Å²) in [6, 6.07) is 3.48. The topological polar surface area (TPSA) is 46.2 Å². The maximum absolute atomic E-state index is 11.8. The minimum Gasteiger partial charge on any atom is -0.209 e. The Morgan fingerprint density at radius 2 is 2.12 bits per heavy atom. The lowest BCUT2D eigenvalue weighted by atomic mass is 10.3. The molecule has 0 aromatic carbocycles. The van der Waals surface area contributed by atoms with Crippen molar-refractivity contribution >= 4 is 33.0 Å². The van der Waals surface area contributed by atoms with Crippen LogP contribution in [0.3, 0.4) is 0 Å². The van der Waals surface area contributed by atoms with E-state index < -0.39 is 10.0 Å². The van der Waals surface area contributed by atoms with Gasteiger partial charge in [-0.3, -0.25) is 0 Å². The fourth-order valence-electron chi connectivity index (χ4n) is 1.11. The van der Waals surface area contributed by atoms with Crippen LogP contribution in [0.4, 0.5) is 0 Å². The van der Waals surface area contributed by atoms with E-state index in [1.807, 2.05) is 19.9 Å². The zero-order valence-electron chi connectivity index (χ0n) is 9.36. The van der Waals surface area contributed by atoms with Crippen LogP contribution in [0.15, 0.2) is 16.3 Å². The molecule has 0 aliphatic rings. The molecule has 0 amide bonds. The van der Waals surface area contributed by atoms with Gasteiger partial charge in [0.15, 0.2) is 0 Å². The van der Waals surface area contributed by atoms with E-state index in [2.05, 4.69) is 4.72 Å². The lowest BCUT2D eigenvalue weighted by Gasteiger charge is -2.07. The quantitative estimate of drug-likeness (QED) is 0.815. The summed E-state index contributed by atoms with van der Waals surface area (Å²) in [5.74, 6) is 0. The van der Waals surface area contributed by atoms with Gasteiger partial charge in [-0.1, -0.05) is 13.8 Å². The van der Waals surface area contributed by atoms with Gasteiger partial charge in [0.25, 0.3) is 0 Å². The largest absolute Gasteiger partial charge is 0.250 e. The predicted molar refractivity (Wildman–Crippen MR) is 68.8 cm³/mol. The van der Waals surface area contributed by atoms with Gasteiger partial charge < -0.3 is 0 Å². The van der Waals surface area contributed by atoms with Crippen LogP contribution >= 0.6 is 22.9 Å². The highest BCUT2D eigenvalue weighted by Crippen LogP contribution is 2.21. The first-order chi connectivity index (χ1) is 7.49. The van der Waals surface area contributed by atoms with Crippen molar-refractivity contribution in [3.63, 3.8) is 0 Å². The highest BCUT2D eigenvalue weighted by Gasteiger charge is 2.17. The molecule has 1 aromatic heterocycles. The van der Waals surface area contributed by atoms with Crippen molar-refractivity contribution in [2.24, 2.45) is 0 Å². The summed E-state index contributed by atoms with van der Waals surface area (Å²) in [6.07, 6.45) is 1.60. The van der Waals surface area contributed by atoms with Gasteiger partial charge in [-0.05, 0) is 25.0 Å². The number of hydrogen-bond acceptors (Lipinski definition) is 3. The highest BCUT2D eigenvalue weighted by atomic mass is 35.5. The Bertz CT molecular complexity index is 428. The molecule has 0 bridgehead atoms. The van der Waals surface area contributed by atoms with Crippen LogP contribution in [0.5, 0.6) is 0 Å². The molecule has 0 saturated heterocycles. The second-order valence-electron chi connectivity index (χ2n) is 3.43. The van der Waals surface area contributed by atoms with Crippen LogP contribution in [0.1, 0.15) is 25.1 Å². The second kappa shape index (κ2) is 6.00. The molecule has 0 aliphatic heterocycles. The molecule has 92 valence electrons. The van der Waals surface area contributed by atoms with Gasteiger partial charge >= 0.3 is 0 Å². The van der Waals surface area contributed by atoms with E-state index in [4.69, 9.17) is 11.6 Å². The van der Waals surface area contributed by atoms with E-state index in [-0.39, 0.29) is 11.9 Å². The summed E-state index contributed by atoms with van der Waals surface area (Å²) < 4.78 is 26.5. The van der Waals surface area contributed by atoms with Crippen molar-refractivity contribution in [2.45, 2.75) is 36.3 Å². The van der Waals surface area contributed by atoms with Crippen molar-refractivity contribution < 1.29 is 8.42 Å². The number of halogens is 1. The zero-order valence-corrected chi connectivity index (χ0v) is 11.8. The lowest BCUT2D eigenvalue weighted by Crippen LogP contribution is -2.29. The maximum Gasteiger partial charge on any atom is 0.250 e. The van der Waals surface area contributed by atoms with Gasteiger partial charge in [-0.2, -0.15) is 0 Å². The monoisotopic (exact) mass is 281 g/mol. The van der Waals surface area contributed by atoms with Crippen molar-refractivity contribution in [2.75, 3.05) is 6.54 Å². The van der Waals surface area contributed by atoms with Crippen LogP contribution in [0, 0.1) is 0 Å². The fourth-order valence-corrected chi connectivity index (χ4v) is 3.70. The van der Waals surface area contributed by atoms with E-state index >= 15 is 0 Å². The van der Waals surface area contributed by atoms with Crippen molar-refractivity contribution in [3.8, 4) is 0 Å². The molecule has 1 N–H and O–H groups in total. The number of sulfonamides is 1. The van der Waals surface area contributed by atoms with Crippen LogP contribution in [-0.2, 0) is 16.4 Å². The van der Waals surface area contributed by atoms with E-state index in [1.54, 1.807) is 6.07 Å². The molecule has 0 radical (unpaired) electrons. The molecule has 1 heterocycles. The van der Waals surface area contributed by atoms with Crippen LogP contribution in [0.2, 0.25) is 0 Å². The average Bonchev–Trinajstić information content (AvgIpc) is 2.75. The molecule has 0 saturated carbocycles. The van der Waals surface area contributed by atoms with E-state index in [0.717, 1.165) is 17.7 Å². The maximum atomic E-state index is 11.8. The van der Waals surface area contributed by atoms with Crippen LogP contribution in [0.25, 0.3) is 0 Å². The third-order valence-corrected chi connectivity index (χ3v) is 5.80. The number of alkyl halides is 1. The Balaban J connectivity index is 2.70. The Morgan fingerprint density at radius 3 is 2.62 bits per heavy atom. The summed E-state index contributed by atoms with van der Waals surface area (Å²) in [4.78, 5) is 1.07. The smallest absolute Gasteiger partial charge is 0.209 e. The standard InChI is InChI=1S/C10H16ClNO2S2/c1-3-8(11)7-12-16(13,14)10-6-5-9(4-2)15-10/h5-6,8,12H,3-4,7H2,1-2H3. The van der Waals surface area contributed by atoms with Gasteiger partial charge in [0, 0.05) is 16.8 Å². The molecule has 0 aliphatic carbocycles. The Morgan fingerprint density at radius 1 is 1.44 bits per heavy atom. The molecule has 0 spiro atoms. The minimum atomic E-state index is -3.37. The molecule has 1 rings (SSSR count). The summed E-state index contributed by atoms with van der Waals surface area (Å²) in [7, 11) is -3.37. The Hall–Kier alpha value is -0.100. The Kier molecular flexibility index (Phi) is 5.24. The second-order valence-corrected chi connectivity index (χ2v) is 7.21. The minimum absolute atomic E-state index is 0.152. The number of hydrogen-bond donors (Lipinski definition) is 1. The first kappa shape index (κ1) is 14.0. The average molecular weight is 282 g/mol. The van der Waals surface area contributed by atoms with Crippen LogP contribution in [-0.4, -0.2) is 20.3 Å². The number of rotatable bonds is 6. The summed E-state index contributed by atoms with van der Waals surface area (Å²) in [5, 5.41) is -0.152. The zero-order chi connectivity index (χ0) is 12.2. The van der Waals surface area contributed by atoms with E-state index in [0.29, 0.717) is 4.21 Å². The number of nitrogens with one attached hydrogen (secondary N) is 1. The summed E-state index contributed by atoms with van der Waals surface area (Å²) >= 11 is 7.17. The van der Waals surface area contributed by atoms with Gasteiger partial charge in [0.2, 0.25) is 10.0 Å². The lowest BCUT2D eigenvalue weighted by molar-refractivity contribution is 0.581. The van der Waals surface area contributed by atoms with Gasteiger partial charge in [0.05, 0.1) is 0 Å². The molecule has 1 aromatic rings. The third-order valence-electron chi connectivity index (χ3n) is 2.19. The number of aryl methyl sites for hydroxylation is 1. The third kappa shape index (κ3) is 3.73. The molecule has 0 fully saturated rings. The number of thiophene rings is 1. The fraction of sp³-hybridized carbons (Fsp3) is 0.600. The molecular formula is C10H16ClNO2S2. The molecular weight excluding hydrogens is 266 g/mol. The molecule has 3 nitrogen and oxygen atoms in total. The SMILES string of the molecule is CCc1ccc(S(=O)(=O)NCC(Cl)CC)s1. The molecule has 6 heteroatoms. The van der Waals surface area contributed by atoms with Crippen molar-refractivity contribution in [1.82, 2.24) is 4.72 Å². The molecule has 1 unspecified atom stereocenters. The van der Waals surface area contributed by atoms with Crippen LogP contribution < -0.4 is 4.72 Å². The highest BCUT2D eigenvalue weighted by molar-refractivity contribution is 7.91. The molecule has 16 heavy (non-hydrogen) atoms. The first-order valence-corrected chi connectivity index (χ1v) is 7.95. The summed E-state index contributed by atoms with van der Waals surface area (Å²) in [6.45, 7) is 4.20. The molecule has 1 atom stereocenters. The van der Waals surface area contributed by atoms with Gasteiger partial charge in [0.1, 0.15) is 4.21 Å².